The van der Waals surface area contributed by atoms with Crippen molar-refractivity contribution in [2.45, 2.75) is 50.5 Å². The molecule has 3 aliphatic carbocycles. The molecule has 2 N–H and O–H groups in total. The Morgan fingerprint density at radius 3 is 2.23 bits per heavy atom. The SMILES string of the molecule is COc1cc(OC)c(CNC(=O)CN(C)C(=O)C2C3CC(=O)C(c4cc(O)ccc43)C2C(=O)OCC[Si](C)(C)C)c(OC)c1. The summed E-state index contributed by atoms with van der Waals surface area (Å²) in [5, 5.41) is 13.0. The average molecular weight is 627 g/mol. The fourth-order valence-corrected chi connectivity index (χ4v) is 6.89. The minimum Gasteiger partial charge on any atom is -0.508 e. The number of ether oxygens (including phenoxy) is 4. The molecule has 2 bridgehead atoms. The summed E-state index contributed by atoms with van der Waals surface area (Å²) in [6.07, 6.45) is 0.0919. The molecular weight excluding hydrogens is 584 g/mol. The van der Waals surface area contributed by atoms with Crippen molar-refractivity contribution in [1.29, 1.82) is 0 Å². The smallest absolute Gasteiger partial charge is 0.310 e. The largest absolute Gasteiger partial charge is 0.508 e. The lowest BCUT2D eigenvalue weighted by Crippen LogP contribution is -2.54. The maximum Gasteiger partial charge on any atom is 0.310 e. The van der Waals surface area contributed by atoms with Gasteiger partial charge in [-0.2, -0.15) is 0 Å². The Kier molecular flexibility index (Phi) is 9.92. The number of aromatic hydroxyl groups is 1. The Hall–Kier alpha value is -4.06. The number of hydrogen-bond acceptors (Lipinski definition) is 9. The van der Waals surface area contributed by atoms with Crippen LogP contribution in [0.2, 0.25) is 25.7 Å². The second-order valence-corrected chi connectivity index (χ2v) is 18.2. The van der Waals surface area contributed by atoms with Gasteiger partial charge in [0, 0.05) is 39.6 Å². The molecule has 0 saturated heterocycles. The highest BCUT2D eigenvalue weighted by Crippen LogP contribution is 2.55. The zero-order valence-electron chi connectivity index (χ0n) is 26.4. The number of likely N-dealkylation sites (N-methyl/N-ethyl adjacent to an activating group) is 1. The lowest BCUT2D eigenvalue weighted by molar-refractivity contribution is -0.161. The summed E-state index contributed by atoms with van der Waals surface area (Å²) in [7, 11) is 4.52. The normalized spacial score (nSPS) is 20.4. The fourth-order valence-electron chi connectivity index (χ4n) is 6.17. The van der Waals surface area contributed by atoms with Gasteiger partial charge >= 0.3 is 5.97 Å². The highest BCUT2D eigenvalue weighted by atomic mass is 28.3. The maximum absolute atomic E-state index is 14.0. The van der Waals surface area contributed by atoms with Crippen LogP contribution in [0.25, 0.3) is 0 Å². The summed E-state index contributed by atoms with van der Waals surface area (Å²) in [4.78, 5) is 55.2. The minimum atomic E-state index is -1.51. The number of phenolic OH excluding ortho intramolecular Hbond substituents is 1. The number of Topliss-reactive ketones (excluding diaryl/α,β-unsaturated/α-hetero) is 1. The van der Waals surface area contributed by atoms with Gasteiger partial charge in [-0.3, -0.25) is 19.2 Å². The number of nitrogens with one attached hydrogen (secondary N) is 1. The monoisotopic (exact) mass is 626 g/mol. The number of amides is 2. The van der Waals surface area contributed by atoms with Crippen LogP contribution in [0.5, 0.6) is 23.0 Å². The van der Waals surface area contributed by atoms with Gasteiger partial charge in [-0.1, -0.05) is 25.7 Å². The molecule has 1 saturated carbocycles. The van der Waals surface area contributed by atoms with Crippen LogP contribution in [0.3, 0.4) is 0 Å². The van der Waals surface area contributed by atoms with Gasteiger partial charge in [-0.05, 0) is 29.3 Å². The molecule has 11 nitrogen and oxygen atoms in total. The highest BCUT2D eigenvalue weighted by molar-refractivity contribution is 6.76. The van der Waals surface area contributed by atoms with Crippen LogP contribution in [0.4, 0.5) is 0 Å². The number of phenols is 1. The number of hydrogen-bond donors (Lipinski definition) is 2. The van der Waals surface area contributed by atoms with E-state index in [1.807, 2.05) is 0 Å². The van der Waals surface area contributed by atoms with Crippen LogP contribution in [0.1, 0.15) is 34.9 Å². The Morgan fingerprint density at radius 1 is 0.977 bits per heavy atom. The molecule has 44 heavy (non-hydrogen) atoms. The number of ketones is 1. The minimum absolute atomic E-state index is 0.0169. The Balaban J connectivity index is 1.54. The van der Waals surface area contributed by atoms with Gasteiger partial charge in [0.2, 0.25) is 11.8 Å². The van der Waals surface area contributed by atoms with E-state index in [-0.39, 0.29) is 37.6 Å². The predicted molar refractivity (Wildman–Crippen MR) is 165 cm³/mol. The van der Waals surface area contributed by atoms with Crippen molar-refractivity contribution in [2.75, 3.05) is 41.5 Å². The number of methoxy groups -OCH3 is 3. The Morgan fingerprint density at radius 2 is 1.64 bits per heavy atom. The first-order valence-electron chi connectivity index (χ1n) is 14.6. The molecule has 0 spiro atoms. The quantitative estimate of drug-likeness (QED) is 0.268. The molecule has 12 heteroatoms. The Bertz CT molecular complexity index is 1410. The standard InChI is InChI=1S/C32H42N2O9Si/c1-34(17-27(37)33-16-23-25(41-3)13-19(40-2)14-26(23)42-4)31(38)29-22-15-24(36)28(21-12-18(35)8-9-20(21)22)30(29)32(39)43-10-11-44(5,6)7/h8-9,12-14,22,28-30,35H,10-11,15-17H2,1-7H3,(H,33,37). The number of carbonyl (C=O) groups excluding carboxylic acids is 4. The second kappa shape index (κ2) is 13.3. The molecule has 0 heterocycles. The first kappa shape index (κ1) is 32.8. The van der Waals surface area contributed by atoms with Crippen molar-refractivity contribution in [2.24, 2.45) is 11.8 Å². The van der Waals surface area contributed by atoms with Crippen molar-refractivity contribution < 1.29 is 43.2 Å². The van der Waals surface area contributed by atoms with Gasteiger partial charge in [-0.25, -0.2) is 0 Å². The highest BCUT2D eigenvalue weighted by Gasteiger charge is 2.57. The van der Waals surface area contributed by atoms with E-state index in [2.05, 4.69) is 25.0 Å². The van der Waals surface area contributed by atoms with E-state index >= 15 is 0 Å². The third kappa shape index (κ3) is 6.85. The molecule has 2 aromatic carbocycles. The van der Waals surface area contributed by atoms with E-state index in [9.17, 15) is 24.3 Å². The first-order chi connectivity index (χ1) is 20.8. The van der Waals surface area contributed by atoms with E-state index in [1.54, 1.807) is 18.2 Å². The zero-order chi connectivity index (χ0) is 32.3. The van der Waals surface area contributed by atoms with Crippen molar-refractivity contribution >= 4 is 31.6 Å². The number of benzene rings is 2. The van der Waals surface area contributed by atoms with Gasteiger partial charge in [0.25, 0.3) is 0 Å². The summed E-state index contributed by atoms with van der Waals surface area (Å²) in [6, 6.07) is 8.84. The third-order valence-corrected chi connectivity index (χ3v) is 10.1. The van der Waals surface area contributed by atoms with Crippen LogP contribution in [-0.2, 0) is 30.5 Å². The molecule has 0 aliphatic heterocycles. The maximum atomic E-state index is 14.0. The summed E-state index contributed by atoms with van der Waals surface area (Å²) in [6.45, 7) is 6.50. The number of nitrogens with zero attached hydrogens (tertiary/aromatic N) is 1. The molecule has 0 radical (unpaired) electrons. The molecular formula is C32H42N2O9Si. The summed E-state index contributed by atoms with van der Waals surface area (Å²) in [5.41, 5.74) is 1.92. The average Bonchev–Trinajstić information content (AvgIpc) is 2.97. The summed E-state index contributed by atoms with van der Waals surface area (Å²) >= 11 is 0. The van der Waals surface area contributed by atoms with Crippen molar-refractivity contribution in [3.05, 3.63) is 47.0 Å². The number of fused-ring (bicyclic) bond motifs is 2. The molecule has 5 rings (SSSR count). The van der Waals surface area contributed by atoms with Gasteiger partial charge in [-0.15, -0.1) is 0 Å². The molecule has 4 unspecified atom stereocenters. The van der Waals surface area contributed by atoms with Crippen LogP contribution < -0.4 is 19.5 Å². The zero-order valence-corrected chi connectivity index (χ0v) is 27.4. The fraction of sp³-hybridized carbons (Fsp3) is 0.500. The van der Waals surface area contributed by atoms with Crippen molar-refractivity contribution in [1.82, 2.24) is 10.2 Å². The number of rotatable bonds is 12. The van der Waals surface area contributed by atoms with E-state index < -0.39 is 49.5 Å². The van der Waals surface area contributed by atoms with Crippen LogP contribution in [-0.4, -0.2) is 83.2 Å². The van der Waals surface area contributed by atoms with Gasteiger partial charge in [0.05, 0.1) is 64.3 Å². The molecule has 2 amide bonds. The van der Waals surface area contributed by atoms with E-state index in [4.69, 9.17) is 18.9 Å². The molecule has 0 aromatic heterocycles. The Labute approximate surface area is 258 Å². The summed E-state index contributed by atoms with van der Waals surface area (Å²) < 4.78 is 21.9. The van der Waals surface area contributed by atoms with Crippen molar-refractivity contribution in [3.63, 3.8) is 0 Å². The third-order valence-electron chi connectivity index (χ3n) is 8.44. The predicted octanol–water partition coefficient (Wildman–Crippen LogP) is 3.46. The second-order valence-electron chi connectivity index (χ2n) is 12.6. The number of carbonyl (C=O) groups is 4. The lowest BCUT2D eigenvalue weighted by atomic mass is 9.55. The van der Waals surface area contributed by atoms with E-state index in [0.29, 0.717) is 28.4 Å². The van der Waals surface area contributed by atoms with Crippen LogP contribution in [0, 0.1) is 11.8 Å². The van der Waals surface area contributed by atoms with Gasteiger partial charge in [0.1, 0.15) is 28.8 Å². The molecule has 1 fully saturated rings. The summed E-state index contributed by atoms with van der Waals surface area (Å²) in [5.74, 6) is -3.61. The van der Waals surface area contributed by atoms with Gasteiger partial charge < -0.3 is 34.3 Å². The van der Waals surface area contributed by atoms with E-state index in [1.165, 1.54) is 45.4 Å². The molecule has 238 valence electrons. The molecule has 3 aliphatic rings. The lowest BCUT2D eigenvalue weighted by Gasteiger charge is -2.47. The van der Waals surface area contributed by atoms with Crippen LogP contribution in [0.15, 0.2) is 30.3 Å². The number of esters is 1. The molecule has 4 atom stereocenters. The van der Waals surface area contributed by atoms with Crippen LogP contribution >= 0.6 is 0 Å². The topological polar surface area (TPSA) is 141 Å². The van der Waals surface area contributed by atoms with Crippen molar-refractivity contribution in [3.8, 4) is 23.0 Å². The van der Waals surface area contributed by atoms with E-state index in [0.717, 1.165) is 11.6 Å². The first-order valence-corrected chi connectivity index (χ1v) is 18.3. The van der Waals surface area contributed by atoms with Gasteiger partial charge in [0.15, 0.2) is 0 Å². The molecule has 2 aromatic rings.